The summed E-state index contributed by atoms with van der Waals surface area (Å²) >= 11 is 0. The molecule has 1 aliphatic rings. The van der Waals surface area contributed by atoms with E-state index in [0.717, 1.165) is 24.0 Å². The molecule has 0 radical (unpaired) electrons. The average molecular weight is 177 g/mol. The van der Waals surface area contributed by atoms with E-state index in [1.807, 2.05) is 19.2 Å². The van der Waals surface area contributed by atoms with Gasteiger partial charge in [0.15, 0.2) is 0 Å². The van der Waals surface area contributed by atoms with Crippen LogP contribution >= 0.6 is 0 Å². The maximum atomic E-state index is 10.1. The minimum Gasteiger partial charge on any atom is -0.385 e. The monoisotopic (exact) mass is 177 g/mol. The average Bonchev–Trinajstić information content (AvgIpc) is 2.02. The molecule has 1 saturated carbocycles. The van der Waals surface area contributed by atoms with E-state index in [1.165, 1.54) is 0 Å². The highest BCUT2D eigenvalue weighted by molar-refractivity contribution is 5.25. The summed E-state index contributed by atoms with van der Waals surface area (Å²) in [7, 11) is 0. The molecule has 2 heteroatoms. The topological polar surface area (TPSA) is 33.1 Å². The van der Waals surface area contributed by atoms with E-state index >= 15 is 0 Å². The van der Waals surface area contributed by atoms with Crippen LogP contribution in [0, 0.1) is 12.8 Å². The number of hydrogen-bond acceptors (Lipinski definition) is 2. The zero-order chi connectivity index (χ0) is 9.47. The van der Waals surface area contributed by atoms with Crippen molar-refractivity contribution in [1.82, 2.24) is 4.98 Å². The van der Waals surface area contributed by atoms with Gasteiger partial charge in [-0.1, -0.05) is 13.0 Å². The zero-order valence-electron chi connectivity index (χ0n) is 8.12. The molecule has 1 aliphatic carbocycles. The van der Waals surface area contributed by atoms with Gasteiger partial charge in [0.2, 0.25) is 0 Å². The lowest BCUT2D eigenvalue weighted by Crippen LogP contribution is -2.39. The minimum atomic E-state index is -0.585. The molecule has 0 aliphatic heterocycles. The first kappa shape index (κ1) is 8.70. The first-order valence-electron chi connectivity index (χ1n) is 4.75. The SMILES string of the molecule is Cc1cncc(C2(O)CC(C)C2)c1. The van der Waals surface area contributed by atoms with E-state index in [-0.39, 0.29) is 0 Å². The van der Waals surface area contributed by atoms with Crippen molar-refractivity contribution in [3.8, 4) is 0 Å². The van der Waals surface area contributed by atoms with Crippen molar-refractivity contribution in [2.75, 3.05) is 0 Å². The van der Waals surface area contributed by atoms with Gasteiger partial charge in [0.1, 0.15) is 0 Å². The Morgan fingerprint density at radius 3 is 2.69 bits per heavy atom. The molecule has 13 heavy (non-hydrogen) atoms. The summed E-state index contributed by atoms with van der Waals surface area (Å²) in [5.74, 6) is 0.644. The van der Waals surface area contributed by atoms with Crippen molar-refractivity contribution in [2.45, 2.75) is 32.3 Å². The van der Waals surface area contributed by atoms with Gasteiger partial charge in [0.25, 0.3) is 0 Å². The van der Waals surface area contributed by atoms with Crippen LogP contribution in [0.25, 0.3) is 0 Å². The van der Waals surface area contributed by atoms with E-state index in [1.54, 1.807) is 6.20 Å². The maximum Gasteiger partial charge on any atom is 0.0916 e. The van der Waals surface area contributed by atoms with Crippen LogP contribution in [0.1, 0.15) is 30.9 Å². The lowest BCUT2D eigenvalue weighted by molar-refractivity contribution is -0.0741. The molecular formula is C11H15NO. The van der Waals surface area contributed by atoms with Crippen molar-refractivity contribution in [3.63, 3.8) is 0 Å². The number of aliphatic hydroxyl groups is 1. The Kier molecular flexibility index (Phi) is 1.88. The number of aromatic nitrogens is 1. The highest BCUT2D eigenvalue weighted by Crippen LogP contribution is 2.44. The summed E-state index contributed by atoms with van der Waals surface area (Å²) in [6.07, 6.45) is 5.34. The second-order valence-electron chi connectivity index (χ2n) is 4.30. The van der Waals surface area contributed by atoms with Gasteiger partial charge in [-0.05, 0) is 31.2 Å². The number of pyridine rings is 1. The van der Waals surface area contributed by atoms with Crippen molar-refractivity contribution in [3.05, 3.63) is 29.6 Å². The Hall–Kier alpha value is -0.890. The molecule has 1 aromatic heterocycles. The summed E-state index contributed by atoms with van der Waals surface area (Å²) in [5.41, 5.74) is 1.51. The zero-order valence-corrected chi connectivity index (χ0v) is 8.12. The number of hydrogen-bond donors (Lipinski definition) is 1. The molecule has 0 aromatic carbocycles. The lowest BCUT2D eigenvalue weighted by atomic mass is 9.68. The molecule has 0 saturated heterocycles. The number of rotatable bonds is 1. The first-order valence-corrected chi connectivity index (χ1v) is 4.75. The summed E-state index contributed by atoms with van der Waals surface area (Å²) in [6, 6.07) is 2.03. The molecule has 70 valence electrons. The Labute approximate surface area is 78.6 Å². The number of nitrogens with zero attached hydrogens (tertiary/aromatic N) is 1. The molecule has 2 rings (SSSR count). The van der Waals surface area contributed by atoms with E-state index < -0.39 is 5.60 Å². The molecule has 1 fully saturated rings. The molecule has 0 spiro atoms. The van der Waals surface area contributed by atoms with Gasteiger partial charge >= 0.3 is 0 Å². The summed E-state index contributed by atoms with van der Waals surface area (Å²) in [5, 5.41) is 10.1. The van der Waals surface area contributed by atoms with Gasteiger partial charge in [-0.15, -0.1) is 0 Å². The molecule has 1 aromatic rings. The van der Waals surface area contributed by atoms with Crippen molar-refractivity contribution >= 4 is 0 Å². The summed E-state index contributed by atoms with van der Waals surface area (Å²) < 4.78 is 0. The molecule has 0 amide bonds. The molecule has 0 unspecified atom stereocenters. The number of aryl methyl sites for hydroxylation is 1. The van der Waals surface area contributed by atoms with Gasteiger partial charge in [-0.3, -0.25) is 4.98 Å². The third-order valence-electron chi connectivity index (χ3n) is 2.78. The Morgan fingerprint density at radius 1 is 1.46 bits per heavy atom. The quantitative estimate of drug-likeness (QED) is 0.711. The molecule has 1 N–H and O–H groups in total. The van der Waals surface area contributed by atoms with Crippen molar-refractivity contribution < 1.29 is 5.11 Å². The van der Waals surface area contributed by atoms with E-state index in [9.17, 15) is 5.11 Å². The lowest BCUT2D eigenvalue weighted by Gasteiger charge is -2.42. The standard InChI is InChI=1S/C11H15NO/c1-8-3-10(7-12-6-8)11(13)4-9(2)5-11/h3,6-7,9,13H,4-5H2,1-2H3. The third kappa shape index (κ3) is 1.46. The highest BCUT2D eigenvalue weighted by Gasteiger charge is 2.41. The normalized spacial score (nSPS) is 32.7. The van der Waals surface area contributed by atoms with Gasteiger partial charge in [0.05, 0.1) is 5.60 Å². The van der Waals surface area contributed by atoms with Crippen LogP contribution in [0.3, 0.4) is 0 Å². The molecule has 0 bridgehead atoms. The second-order valence-corrected chi connectivity index (χ2v) is 4.30. The Bertz CT molecular complexity index is 316. The predicted molar refractivity (Wildman–Crippen MR) is 51.3 cm³/mol. The fraction of sp³-hybridized carbons (Fsp3) is 0.545. The predicted octanol–water partition coefficient (Wildman–Crippen LogP) is 2.01. The molecule has 1 heterocycles. The highest BCUT2D eigenvalue weighted by atomic mass is 16.3. The van der Waals surface area contributed by atoms with Crippen LogP contribution in [0.4, 0.5) is 0 Å². The Morgan fingerprint density at radius 2 is 2.15 bits per heavy atom. The van der Waals surface area contributed by atoms with Crippen LogP contribution < -0.4 is 0 Å². The van der Waals surface area contributed by atoms with E-state index in [2.05, 4.69) is 11.9 Å². The van der Waals surface area contributed by atoms with E-state index in [0.29, 0.717) is 5.92 Å². The van der Waals surface area contributed by atoms with Gasteiger partial charge in [-0.2, -0.15) is 0 Å². The smallest absolute Gasteiger partial charge is 0.0916 e. The largest absolute Gasteiger partial charge is 0.385 e. The summed E-state index contributed by atoms with van der Waals surface area (Å²) in [6.45, 7) is 4.17. The van der Waals surface area contributed by atoms with Crippen LogP contribution in [0.2, 0.25) is 0 Å². The van der Waals surface area contributed by atoms with E-state index in [4.69, 9.17) is 0 Å². The van der Waals surface area contributed by atoms with Crippen molar-refractivity contribution in [2.24, 2.45) is 5.92 Å². The molecular weight excluding hydrogens is 162 g/mol. The minimum absolute atomic E-state index is 0.585. The maximum absolute atomic E-state index is 10.1. The van der Waals surface area contributed by atoms with Gasteiger partial charge in [-0.25, -0.2) is 0 Å². The first-order chi connectivity index (χ1) is 6.10. The van der Waals surface area contributed by atoms with Crippen molar-refractivity contribution in [1.29, 1.82) is 0 Å². The summed E-state index contributed by atoms with van der Waals surface area (Å²) in [4.78, 5) is 4.10. The second kappa shape index (κ2) is 2.81. The van der Waals surface area contributed by atoms with Crippen LogP contribution in [0.5, 0.6) is 0 Å². The van der Waals surface area contributed by atoms with Crippen LogP contribution in [-0.2, 0) is 5.60 Å². The van der Waals surface area contributed by atoms with Gasteiger partial charge < -0.3 is 5.11 Å². The fourth-order valence-corrected chi connectivity index (χ4v) is 2.14. The van der Waals surface area contributed by atoms with Crippen LogP contribution in [0.15, 0.2) is 18.5 Å². The Balaban J connectivity index is 2.26. The fourth-order valence-electron chi connectivity index (χ4n) is 2.14. The molecule has 0 atom stereocenters. The molecule has 2 nitrogen and oxygen atoms in total. The third-order valence-corrected chi connectivity index (χ3v) is 2.78. The van der Waals surface area contributed by atoms with Gasteiger partial charge in [0, 0.05) is 18.0 Å². The van der Waals surface area contributed by atoms with Crippen LogP contribution in [-0.4, -0.2) is 10.1 Å².